The Morgan fingerprint density at radius 1 is 1.32 bits per heavy atom. The van der Waals surface area contributed by atoms with Gasteiger partial charge in [0.25, 0.3) is 17.0 Å². The Bertz CT molecular complexity index is 899. The average molecular weight is 364 g/mol. The first-order chi connectivity index (χ1) is 11.9. The van der Waals surface area contributed by atoms with E-state index in [4.69, 9.17) is 11.6 Å². The summed E-state index contributed by atoms with van der Waals surface area (Å²) in [5.41, 5.74) is 0.389. The number of carbonyl (C=O) groups is 1. The highest BCUT2D eigenvalue weighted by Gasteiger charge is 2.23. The van der Waals surface area contributed by atoms with Crippen LogP contribution in [0.4, 0.5) is 5.95 Å². The number of aryl methyl sites for hydroxylation is 1. The lowest BCUT2D eigenvalue weighted by molar-refractivity contribution is 0.0930. The molecule has 2 aromatic rings. The van der Waals surface area contributed by atoms with Gasteiger partial charge in [-0.2, -0.15) is 0 Å². The molecule has 1 fully saturated rings. The van der Waals surface area contributed by atoms with Crippen LogP contribution >= 0.6 is 11.6 Å². The summed E-state index contributed by atoms with van der Waals surface area (Å²) in [5.74, 6) is 0.279. The van der Waals surface area contributed by atoms with Gasteiger partial charge in [0.15, 0.2) is 0 Å². The summed E-state index contributed by atoms with van der Waals surface area (Å²) >= 11 is 5.75. The average Bonchev–Trinajstić information content (AvgIpc) is 2.57. The third kappa shape index (κ3) is 4.08. The van der Waals surface area contributed by atoms with E-state index in [9.17, 15) is 14.4 Å². The number of hydrogen-bond acceptors (Lipinski definition) is 5. The third-order valence-corrected chi connectivity index (χ3v) is 4.39. The first-order valence-electron chi connectivity index (χ1n) is 7.94. The first-order valence-corrected chi connectivity index (χ1v) is 8.32. The van der Waals surface area contributed by atoms with Gasteiger partial charge in [-0.3, -0.25) is 19.4 Å². The van der Waals surface area contributed by atoms with Gasteiger partial charge in [-0.05, 0) is 25.8 Å². The van der Waals surface area contributed by atoms with E-state index in [0.717, 1.165) is 12.8 Å². The normalized spacial score (nSPS) is 15.2. The fourth-order valence-corrected chi connectivity index (χ4v) is 2.98. The lowest BCUT2D eigenvalue weighted by Crippen LogP contribution is -2.45. The summed E-state index contributed by atoms with van der Waals surface area (Å²) in [6.45, 7) is 3.12. The molecule has 1 aliphatic rings. The van der Waals surface area contributed by atoms with Gasteiger partial charge in [-0.25, -0.2) is 4.98 Å². The Labute approximate surface area is 148 Å². The predicted octanol–water partition coefficient (Wildman–Crippen LogP) is 0.819. The van der Waals surface area contributed by atoms with Crippen molar-refractivity contribution < 1.29 is 4.79 Å². The van der Waals surface area contributed by atoms with Crippen LogP contribution in [0.1, 0.15) is 28.9 Å². The highest BCUT2D eigenvalue weighted by Crippen LogP contribution is 2.16. The van der Waals surface area contributed by atoms with Crippen LogP contribution in [0.15, 0.2) is 27.9 Å². The van der Waals surface area contributed by atoms with Gasteiger partial charge in [-0.15, -0.1) is 0 Å². The summed E-state index contributed by atoms with van der Waals surface area (Å²) in [7, 11) is 0. The molecule has 1 amide bonds. The number of pyridine rings is 1. The number of carbonyl (C=O) groups excluding carboxylic acids is 1. The van der Waals surface area contributed by atoms with Crippen LogP contribution in [0, 0.1) is 6.92 Å². The van der Waals surface area contributed by atoms with Crippen molar-refractivity contribution in [2.75, 3.05) is 18.0 Å². The van der Waals surface area contributed by atoms with Crippen LogP contribution in [0.5, 0.6) is 0 Å². The van der Waals surface area contributed by atoms with E-state index in [2.05, 4.69) is 20.3 Å². The Hall–Kier alpha value is -2.61. The maximum atomic E-state index is 12.3. The fourth-order valence-electron chi connectivity index (χ4n) is 2.80. The minimum atomic E-state index is -0.425. The molecule has 0 bridgehead atoms. The Balaban J connectivity index is 1.60. The molecule has 0 unspecified atom stereocenters. The van der Waals surface area contributed by atoms with Crippen LogP contribution in [0.2, 0.25) is 5.02 Å². The fraction of sp³-hybridized carbons (Fsp3) is 0.375. The van der Waals surface area contributed by atoms with Crippen molar-refractivity contribution in [2.45, 2.75) is 25.8 Å². The summed E-state index contributed by atoms with van der Waals surface area (Å²) in [6, 6.07) is 2.81. The molecule has 0 atom stereocenters. The number of nitrogens with zero attached hydrogens (tertiary/aromatic N) is 2. The maximum absolute atomic E-state index is 12.3. The largest absolute Gasteiger partial charge is 0.349 e. The zero-order valence-corrected chi connectivity index (χ0v) is 14.4. The second kappa shape index (κ2) is 7.10. The summed E-state index contributed by atoms with van der Waals surface area (Å²) < 4.78 is 0. The number of amides is 1. The number of piperidine rings is 1. The summed E-state index contributed by atoms with van der Waals surface area (Å²) in [5, 5.41) is 2.92. The number of halogens is 1. The Morgan fingerprint density at radius 2 is 2.04 bits per heavy atom. The number of nitrogens with one attached hydrogen (secondary N) is 3. The number of aromatic amines is 2. The number of anilines is 1. The zero-order valence-electron chi connectivity index (χ0n) is 13.6. The van der Waals surface area contributed by atoms with Gasteiger partial charge < -0.3 is 15.2 Å². The molecule has 9 heteroatoms. The number of hydrogen-bond donors (Lipinski definition) is 3. The number of aromatic nitrogens is 3. The van der Waals surface area contributed by atoms with Gasteiger partial charge >= 0.3 is 0 Å². The van der Waals surface area contributed by atoms with Gasteiger partial charge in [0.2, 0.25) is 5.95 Å². The van der Waals surface area contributed by atoms with Crippen LogP contribution in [0.3, 0.4) is 0 Å². The van der Waals surface area contributed by atoms with E-state index >= 15 is 0 Å². The summed E-state index contributed by atoms with van der Waals surface area (Å²) in [6.07, 6.45) is 2.79. The molecule has 3 N–H and O–H groups in total. The number of rotatable bonds is 3. The van der Waals surface area contributed by atoms with Crippen molar-refractivity contribution in [3.8, 4) is 0 Å². The molecule has 0 aromatic carbocycles. The minimum absolute atomic E-state index is 0.00554. The van der Waals surface area contributed by atoms with E-state index in [0.29, 0.717) is 30.3 Å². The smallest absolute Gasteiger partial charge is 0.266 e. The molecule has 3 rings (SSSR count). The SMILES string of the molecule is Cc1cc(=O)[nH]c(N2CCC(NC(=O)c3c[nH]c(=O)c(Cl)c3)CC2)n1. The second-order valence-electron chi connectivity index (χ2n) is 6.01. The molecule has 0 spiro atoms. The van der Waals surface area contributed by atoms with Crippen LogP contribution in [-0.2, 0) is 0 Å². The number of H-pyrrole nitrogens is 2. The minimum Gasteiger partial charge on any atom is -0.349 e. The second-order valence-corrected chi connectivity index (χ2v) is 6.42. The molecule has 0 radical (unpaired) electrons. The molecular formula is C16H18ClN5O3. The highest BCUT2D eigenvalue weighted by molar-refractivity contribution is 6.30. The van der Waals surface area contributed by atoms with Crippen molar-refractivity contribution in [3.63, 3.8) is 0 Å². The third-order valence-electron chi connectivity index (χ3n) is 4.11. The molecule has 0 saturated carbocycles. The Kier molecular flexibility index (Phi) is 4.89. The monoisotopic (exact) mass is 363 g/mol. The lowest BCUT2D eigenvalue weighted by atomic mass is 10.0. The molecular weight excluding hydrogens is 346 g/mol. The van der Waals surface area contributed by atoms with Crippen molar-refractivity contribution in [1.29, 1.82) is 0 Å². The van der Waals surface area contributed by atoms with E-state index < -0.39 is 5.56 Å². The predicted molar refractivity (Wildman–Crippen MR) is 94.4 cm³/mol. The van der Waals surface area contributed by atoms with Gasteiger partial charge in [0.05, 0.1) is 5.56 Å². The van der Waals surface area contributed by atoms with E-state index in [1.807, 2.05) is 4.90 Å². The van der Waals surface area contributed by atoms with E-state index in [1.165, 1.54) is 18.3 Å². The lowest BCUT2D eigenvalue weighted by Gasteiger charge is -2.32. The van der Waals surface area contributed by atoms with Crippen LogP contribution in [-0.4, -0.2) is 40.0 Å². The molecule has 0 aliphatic carbocycles. The maximum Gasteiger partial charge on any atom is 0.266 e. The van der Waals surface area contributed by atoms with Crippen LogP contribution < -0.4 is 21.3 Å². The first kappa shape index (κ1) is 17.2. The zero-order chi connectivity index (χ0) is 18.0. The van der Waals surface area contributed by atoms with E-state index in [1.54, 1.807) is 6.92 Å². The molecule has 25 heavy (non-hydrogen) atoms. The summed E-state index contributed by atoms with van der Waals surface area (Å²) in [4.78, 5) is 46.6. The standard InChI is InChI=1S/C16H18ClN5O3/c1-9-6-13(23)21-16(19-9)22-4-2-11(3-5-22)20-14(24)10-7-12(17)15(25)18-8-10/h6-8,11H,2-5H2,1H3,(H,18,25)(H,20,24)(H,19,21,23). The molecule has 8 nitrogen and oxygen atoms in total. The van der Waals surface area contributed by atoms with Gasteiger partial charge in [0, 0.05) is 37.1 Å². The van der Waals surface area contributed by atoms with E-state index in [-0.39, 0.29) is 22.5 Å². The van der Waals surface area contributed by atoms with Gasteiger partial charge in [0.1, 0.15) is 5.02 Å². The molecule has 132 valence electrons. The van der Waals surface area contributed by atoms with Gasteiger partial charge in [-0.1, -0.05) is 11.6 Å². The topological polar surface area (TPSA) is 111 Å². The van der Waals surface area contributed by atoms with Crippen LogP contribution in [0.25, 0.3) is 0 Å². The molecule has 2 aromatic heterocycles. The van der Waals surface area contributed by atoms with Crippen molar-refractivity contribution >= 4 is 23.5 Å². The molecule has 1 saturated heterocycles. The van der Waals surface area contributed by atoms with Crippen molar-refractivity contribution in [2.24, 2.45) is 0 Å². The molecule has 1 aliphatic heterocycles. The van der Waals surface area contributed by atoms with Crippen molar-refractivity contribution in [3.05, 3.63) is 55.3 Å². The highest BCUT2D eigenvalue weighted by atomic mass is 35.5. The van der Waals surface area contributed by atoms with Crippen molar-refractivity contribution in [1.82, 2.24) is 20.3 Å². The molecule has 3 heterocycles. The quantitative estimate of drug-likeness (QED) is 0.747. The Morgan fingerprint density at radius 3 is 2.68 bits per heavy atom.